The fourth-order valence-corrected chi connectivity index (χ4v) is 2.07. The van der Waals surface area contributed by atoms with Crippen LogP contribution in [0.2, 0.25) is 0 Å². The zero-order chi connectivity index (χ0) is 14.4. The van der Waals surface area contributed by atoms with Gasteiger partial charge in [-0.15, -0.1) is 0 Å². The fourth-order valence-electron chi connectivity index (χ4n) is 2.07. The topological polar surface area (TPSA) is 60.0 Å². The van der Waals surface area contributed by atoms with Gasteiger partial charge in [-0.3, -0.25) is 4.98 Å². The Bertz CT molecular complexity index is 594. The fraction of sp³-hybridized carbons (Fsp3) is 0.429. The second-order valence-electron chi connectivity index (χ2n) is 6.02. The van der Waals surface area contributed by atoms with Crippen LogP contribution in [0.15, 0.2) is 30.7 Å². The van der Waals surface area contributed by atoms with Crippen molar-refractivity contribution in [2.75, 3.05) is 0 Å². The van der Waals surface area contributed by atoms with Crippen molar-refractivity contribution in [3.05, 3.63) is 30.7 Å². The van der Waals surface area contributed by atoms with Crippen molar-refractivity contribution < 1.29 is 9.31 Å². The lowest BCUT2D eigenvalue weighted by Crippen LogP contribution is -2.41. The van der Waals surface area contributed by atoms with Gasteiger partial charge in [-0.05, 0) is 39.8 Å². The van der Waals surface area contributed by atoms with Gasteiger partial charge in [-0.1, -0.05) is 0 Å². The quantitative estimate of drug-likeness (QED) is 0.846. The van der Waals surface area contributed by atoms with E-state index < -0.39 is 7.12 Å². The molecule has 3 rings (SSSR count). The maximum atomic E-state index is 5.99. The van der Waals surface area contributed by atoms with Crippen molar-refractivity contribution in [3.8, 4) is 11.4 Å². The Morgan fingerprint density at radius 2 is 1.80 bits per heavy atom. The maximum absolute atomic E-state index is 5.99. The molecule has 2 aromatic rings. The average Bonchev–Trinajstić information content (AvgIpc) is 2.94. The van der Waals surface area contributed by atoms with Crippen molar-refractivity contribution in [2.45, 2.75) is 38.9 Å². The smallest absolute Gasteiger partial charge is 0.398 e. The van der Waals surface area contributed by atoms with E-state index in [0.29, 0.717) is 0 Å². The van der Waals surface area contributed by atoms with Gasteiger partial charge in [0.05, 0.1) is 16.8 Å². The van der Waals surface area contributed by atoms with E-state index in [1.165, 1.54) is 0 Å². The van der Waals surface area contributed by atoms with E-state index >= 15 is 0 Å². The molecule has 3 heterocycles. The second-order valence-corrected chi connectivity index (χ2v) is 6.02. The molecule has 0 unspecified atom stereocenters. The number of pyridine rings is 1. The summed E-state index contributed by atoms with van der Waals surface area (Å²) < 4.78 is 12.0. The summed E-state index contributed by atoms with van der Waals surface area (Å²) in [4.78, 5) is 11.7. The molecule has 2 aromatic heterocycles. The van der Waals surface area contributed by atoms with Crippen molar-refractivity contribution in [3.63, 3.8) is 0 Å². The number of hydrogen-bond donors (Lipinski definition) is 1. The molecule has 104 valence electrons. The van der Waals surface area contributed by atoms with Gasteiger partial charge in [0.2, 0.25) is 0 Å². The molecule has 0 bridgehead atoms. The van der Waals surface area contributed by atoms with E-state index in [2.05, 4.69) is 15.0 Å². The van der Waals surface area contributed by atoms with Crippen LogP contribution in [0.1, 0.15) is 27.7 Å². The van der Waals surface area contributed by atoms with Gasteiger partial charge in [-0.2, -0.15) is 0 Å². The highest BCUT2D eigenvalue weighted by Gasteiger charge is 2.52. The van der Waals surface area contributed by atoms with Crippen LogP contribution in [0.3, 0.4) is 0 Å². The highest BCUT2D eigenvalue weighted by molar-refractivity contribution is 6.61. The van der Waals surface area contributed by atoms with Crippen LogP contribution in [0, 0.1) is 0 Å². The lowest BCUT2D eigenvalue weighted by Gasteiger charge is -2.32. The molecule has 0 aliphatic carbocycles. The number of hydrogen-bond acceptors (Lipinski definition) is 4. The zero-order valence-electron chi connectivity index (χ0n) is 12.2. The predicted octanol–water partition coefficient (Wildman–Crippen LogP) is 1.77. The van der Waals surface area contributed by atoms with Gasteiger partial charge >= 0.3 is 7.12 Å². The van der Waals surface area contributed by atoms with Crippen LogP contribution < -0.4 is 5.59 Å². The predicted molar refractivity (Wildman–Crippen MR) is 77.5 cm³/mol. The SMILES string of the molecule is CC1(C)OB(c2cnc(-c3cccnc3)[nH]2)OC1(C)C. The Balaban J connectivity index is 1.86. The minimum Gasteiger partial charge on any atom is -0.398 e. The summed E-state index contributed by atoms with van der Waals surface area (Å²) in [5, 5.41) is 0. The third-order valence-corrected chi connectivity index (χ3v) is 4.04. The first-order chi connectivity index (χ1) is 9.39. The first-order valence-electron chi connectivity index (χ1n) is 6.70. The van der Waals surface area contributed by atoms with Gasteiger partial charge in [0.1, 0.15) is 5.82 Å². The highest BCUT2D eigenvalue weighted by Crippen LogP contribution is 2.36. The molecule has 0 aromatic carbocycles. The number of aromatic amines is 1. The monoisotopic (exact) mass is 271 g/mol. The van der Waals surface area contributed by atoms with E-state index in [4.69, 9.17) is 9.31 Å². The van der Waals surface area contributed by atoms with Crippen molar-refractivity contribution >= 4 is 12.7 Å². The summed E-state index contributed by atoms with van der Waals surface area (Å²) >= 11 is 0. The molecule has 1 aliphatic heterocycles. The summed E-state index contributed by atoms with van der Waals surface area (Å²) in [5.74, 6) is 0.766. The van der Waals surface area contributed by atoms with Crippen LogP contribution in [0.5, 0.6) is 0 Å². The van der Waals surface area contributed by atoms with Crippen molar-refractivity contribution in [1.82, 2.24) is 15.0 Å². The number of imidazole rings is 1. The summed E-state index contributed by atoms with van der Waals surface area (Å²) in [7, 11) is -0.419. The molecule has 6 heteroatoms. The number of nitrogens with zero attached hydrogens (tertiary/aromatic N) is 2. The molecule has 0 amide bonds. The number of nitrogens with one attached hydrogen (secondary N) is 1. The van der Waals surface area contributed by atoms with Gasteiger partial charge in [0.15, 0.2) is 0 Å². The summed E-state index contributed by atoms with van der Waals surface area (Å²) in [6, 6.07) is 3.84. The van der Waals surface area contributed by atoms with Gasteiger partial charge in [-0.25, -0.2) is 4.98 Å². The van der Waals surface area contributed by atoms with Gasteiger partial charge in [0.25, 0.3) is 0 Å². The Kier molecular flexibility index (Phi) is 2.95. The number of H-pyrrole nitrogens is 1. The number of aromatic nitrogens is 3. The van der Waals surface area contributed by atoms with Gasteiger partial charge < -0.3 is 14.3 Å². The molecule has 1 saturated heterocycles. The largest absolute Gasteiger partial charge is 0.513 e. The maximum Gasteiger partial charge on any atom is 0.513 e. The third-order valence-electron chi connectivity index (χ3n) is 4.04. The Morgan fingerprint density at radius 3 is 2.40 bits per heavy atom. The van der Waals surface area contributed by atoms with Crippen LogP contribution in [-0.2, 0) is 9.31 Å². The summed E-state index contributed by atoms with van der Waals surface area (Å²) in [5.41, 5.74) is 1.06. The van der Waals surface area contributed by atoms with Crippen molar-refractivity contribution in [2.24, 2.45) is 0 Å². The van der Waals surface area contributed by atoms with E-state index in [1.54, 1.807) is 18.6 Å². The van der Waals surface area contributed by atoms with E-state index in [0.717, 1.165) is 17.0 Å². The van der Waals surface area contributed by atoms with E-state index in [-0.39, 0.29) is 11.2 Å². The second kappa shape index (κ2) is 4.43. The molecule has 1 fully saturated rings. The number of rotatable bonds is 2. The minimum absolute atomic E-state index is 0.350. The van der Waals surface area contributed by atoms with Crippen LogP contribution in [0.25, 0.3) is 11.4 Å². The molecule has 0 atom stereocenters. The summed E-state index contributed by atoms with van der Waals surface area (Å²) in [6.07, 6.45) is 5.26. The molecule has 0 spiro atoms. The first kappa shape index (κ1) is 13.3. The van der Waals surface area contributed by atoms with E-state index in [9.17, 15) is 0 Å². The Morgan fingerprint density at radius 1 is 1.10 bits per heavy atom. The van der Waals surface area contributed by atoms with Crippen molar-refractivity contribution in [1.29, 1.82) is 0 Å². The molecule has 5 nitrogen and oxygen atoms in total. The normalized spacial score (nSPS) is 20.3. The molecule has 1 N–H and O–H groups in total. The molecule has 20 heavy (non-hydrogen) atoms. The lowest BCUT2D eigenvalue weighted by atomic mass is 9.86. The first-order valence-corrected chi connectivity index (χ1v) is 6.70. The average molecular weight is 271 g/mol. The van der Waals surface area contributed by atoms with Gasteiger partial charge in [0, 0.05) is 24.2 Å². The van der Waals surface area contributed by atoms with Crippen LogP contribution >= 0.6 is 0 Å². The Hall–Kier alpha value is -1.66. The molecule has 0 radical (unpaired) electrons. The highest BCUT2D eigenvalue weighted by atomic mass is 16.7. The molecule has 0 saturated carbocycles. The standard InChI is InChI=1S/C14H18BN3O2/c1-13(2)14(3,4)20-15(19-13)11-9-17-12(18-11)10-6-5-7-16-8-10/h5-9H,1-4H3,(H,17,18). The zero-order valence-corrected chi connectivity index (χ0v) is 12.2. The van der Waals surface area contributed by atoms with Crippen LogP contribution in [-0.4, -0.2) is 33.3 Å². The Labute approximate surface area is 118 Å². The van der Waals surface area contributed by atoms with E-state index in [1.807, 2.05) is 39.8 Å². The minimum atomic E-state index is -0.419. The molecular formula is C14H18BN3O2. The molecular weight excluding hydrogens is 253 g/mol. The third kappa shape index (κ3) is 2.15. The summed E-state index contributed by atoms with van der Waals surface area (Å²) in [6.45, 7) is 8.13. The lowest BCUT2D eigenvalue weighted by molar-refractivity contribution is 0.00578. The van der Waals surface area contributed by atoms with Crippen LogP contribution in [0.4, 0.5) is 0 Å². The molecule has 1 aliphatic rings.